The monoisotopic (exact) mass is 408 g/mol. The summed E-state index contributed by atoms with van der Waals surface area (Å²) >= 11 is 6.22. The van der Waals surface area contributed by atoms with Gasteiger partial charge in [0.1, 0.15) is 6.17 Å². The Morgan fingerprint density at radius 1 is 1.14 bits per heavy atom. The fourth-order valence-corrected chi connectivity index (χ4v) is 3.74. The number of ether oxygens (including phenoxy) is 1. The Hall–Kier alpha value is -3.18. The second-order valence-electron chi connectivity index (χ2n) is 7.06. The number of hydrogen-bond acceptors (Lipinski definition) is 4. The van der Waals surface area contributed by atoms with Crippen molar-refractivity contribution in [1.82, 2.24) is 4.90 Å². The number of rotatable bonds is 4. The number of hydrogen-bond donors (Lipinski definition) is 2. The molecule has 0 aliphatic carbocycles. The van der Waals surface area contributed by atoms with Crippen LogP contribution in [0, 0.1) is 6.92 Å². The molecule has 3 aromatic rings. The maximum Gasteiger partial charge on any atom is 0.258 e. The van der Waals surface area contributed by atoms with Crippen LogP contribution in [0.2, 0.25) is 5.02 Å². The van der Waals surface area contributed by atoms with Gasteiger partial charge in [0.15, 0.2) is 11.5 Å². The Labute approximate surface area is 174 Å². The number of nitrogens with one attached hydrogen (secondary N) is 1. The van der Waals surface area contributed by atoms with Crippen LogP contribution in [-0.4, -0.2) is 23.0 Å². The minimum absolute atomic E-state index is 0.0758. The van der Waals surface area contributed by atoms with E-state index in [0.29, 0.717) is 12.1 Å². The summed E-state index contributed by atoms with van der Waals surface area (Å²) in [5, 5.41) is 13.7. The van der Waals surface area contributed by atoms with Gasteiger partial charge in [-0.25, -0.2) is 0 Å². The Morgan fingerprint density at radius 2 is 1.86 bits per heavy atom. The zero-order chi connectivity index (χ0) is 20.5. The summed E-state index contributed by atoms with van der Waals surface area (Å²) in [4.78, 5) is 15.1. The van der Waals surface area contributed by atoms with Gasteiger partial charge in [0.05, 0.1) is 17.7 Å². The van der Waals surface area contributed by atoms with Crippen LogP contribution in [0.5, 0.6) is 11.5 Å². The van der Waals surface area contributed by atoms with Crippen LogP contribution in [0.3, 0.4) is 0 Å². The first-order valence-corrected chi connectivity index (χ1v) is 9.64. The van der Waals surface area contributed by atoms with Gasteiger partial charge >= 0.3 is 0 Å². The highest BCUT2D eigenvalue weighted by Crippen LogP contribution is 2.40. The number of para-hydroxylation sites is 1. The molecule has 3 aromatic carbocycles. The van der Waals surface area contributed by atoms with Crippen molar-refractivity contribution in [3.05, 3.63) is 87.9 Å². The van der Waals surface area contributed by atoms with Crippen LogP contribution in [0.25, 0.3) is 0 Å². The molecule has 2 N–H and O–H groups in total. The van der Waals surface area contributed by atoms with Crippen molar-refractivity contribution in [2.75, 3.05) is 12.4 Å². The zero-order valence-electron chi connectivity index (χ0n) is 16.1. The van der Waals surface area contributed by atoms with Gasteiger partial charge in [-0.2, -0.15) is 0 Å². The molecule has 1 aliphatic rings. The number of halogens is 1. The molecular weight excluding hydrogens is 388 g/mol. The van der Waals surface area contributed by atoms with E-state index in [1.165, 1.54) is 7.11 Å². The Bertz CT molecular complexity index is 1070. The summed E-state index contributed by atoms with van der Waals surface area (Å²) in [5.74, 6) is 0.0644. The number of carbonyl (C=O) groups excluding carboxylic acids is 1. The third kappa shape index (κ3) is 3.61. The van der Waals surface area contributed by atoms with E-state index in [1.54, 1.807) is 17.0 Å². The number of phenolic OH excluding ortho intramolecular Hbond substituents is 1. The maximum absolute atomic E-state index is 13.4. The molecular formula is C23H21ClN2O3. The maximum atomic E-state index is 13.4. The van der Waals surface area contributed by atoms with Crippen molar-refractivity contribution in [2.24, 2.45) is 0 Å². The molecule has 0 radical (unpaired) electrons. The molecule has 4 rings (SSSR count). The van der Waals surface area contributed by atoms with Gasteiger partial charge in [-0.05, 0) is 36.8 Å². The lowest BCUT2D eigenvalue weighted by Crippen LogP contribution is -2.42. The van der Waals surface area contributed by atoms with Crippen LogP contribution in [-0.2, 0) is 6.54 Å². The molecule has 0 spiro atoms. The number of nitrogens with zero attached hydrogens (tertiary/aromatic N) is 1. The SMILES string of the molecule is COc1cc([C@H]2Nc3ccccc3C(=O)N2Cc2ccc(C)cc2)cc(Cl)c1O. The van der Waals surface area contributed by atoms with Crippen LogP contribution in [0.1, 0.15) is 33.2 Å². The minimum Gasteiger partial charge on any atom is -0.503 e. The lowest BCUT2D eigenvalue weighted by molar-refractivity contribution is 0.0666. The average Bonchev–Trinajstić information content (AvgIpc) is 2.73. The first-order chi connectivity index (χ1) is 14.0. The fraction of sp³-hybridized carbons (Fsp3) is 0.174. The summed E-state index contributed by atoms with van der Waals surface area (Å²) in [6.45, 7) is 2.45. The fourth-order valence-electron chi connectivity index (χ4n) is 3.52. The molecule has 148 valence electrons. The highest BCUT2D eigenvalue weighted by Gasteiger charge is 2.33. The second-order valence-corrected chi connectivity index (χ2v) is 7.47. The molecule has 29 heavy (non-hydrogen) atoms. The van der Waals surface area contributed by atoms with E-state index in [1.807, 2.05) is 55.5 Å². The van der Waals surface area contributed by atoms with E-state index >= 15 is 0 Å². The molecule has 6 heteroatoms. The summed E-state index contributed by atoms with van der Waals surface area (Å²) in [6.07, 6.45) is -0.467. The number of fused-ring (bicyclic) bond motifs is 1. The predicted octanol–water partition coefficient (Wildman–Crippen LogP) is 5.13. The molecule has 1 aliphatic heterocycles. The smallest absolute Gasteiger partial charge is 0.258 e. The quantitative estimate of drug-likeness (QED) is 0.628. The van der Waals surface area contributed by atoms with Crippen molar-refractivity contribution >= 4 is 23.2 Å². The Balaban J connectivity index is 1.79. The number of phenols is 1. The molecule has 0 unspecified atom stereocenters. The number of anilines is 1. The van der Waals surface area contributed by atoms with E-state index in [2.05, 4.69) is 5.32 Å². The van der Waals surface area contributed by atoms with Crippen LogP contribution >= 0.6 is 11.6 Å². The Morgan fingerprint density at radius 3 is 2.59 bits per heavy atom. The molecule has 1 heterocycles. The first kappa shape index (κ1) is 19.2. The highest BCUT2D eigenvalue weighted by atomic mass is 35.5. The zero-order valence-corrected chi connectivity index (χ0v) is 16.9. The molecule has 0 aromatic heterocycles. The number of methoxy groups -OCH3 is 1. The van der Waals surface area contributed by atoms with Gasteiger partial charge < -0.3 is 20.1 Å². The summed E-state index contributed by atoms with van der Waals surface area (Å²) in [6, 6.07) is 18.9. The molecule has 0 saturated carbocycles. The van der Waals surface area contributed by atoms with Crippen LogP contribution in [0.4, 0.5) is 5.69 Å². The third-order valence-corrected chi connectivity index (χ3v) is 5.37. The van der Waals surface area contributed by atoms with Gasteiger partial charge in [-0.1, -0.05) is 53.6 Å². The first-order valence-electron chi connectivity index (χ1n) is 9.26. The van der Waals surface area contributed by atoms with Crippen LogP contribution < -0.4 is 10.1 Å². The molecule has 1 amide bonds. The van der Waals surface area contributed by atoms with E-state index < -0.39 is 6.17 Å². The van der Waals surface area contributed by atoms with Crippen molar-refractivity contribution < 1.29 is 14.6 Å². The largest absolute Gasteiger partial charge is 0.503 e. The number of aromatic hydroxyl groups is 1. The highest BCUT2D eigenvalue weighted by molar-refractivity contribution is 6.32. The standard InChI is InChI=1S/C23H21ClN2O3/c1-14-7-9-15(10-8-14)13-26-22(16-11-18(24)21(27)20(12-16)29-2)25-19-6-4-3-5-17(19)23(26)28/h3-12,22,25,27H,13H2,1-2H3/t22-/m0/s1. The van der Waals surface area contributed by atoms with E-state index in [4.69, 9.17) is 16.3 Å². The third-order valence-electron chi connectivity index (χ3n) is 5.08. The van der Waals surface area contributed by atoms with Crippen molar-refractivity contribution in [3.63, 3.8) is 0 Å². The molecule has 0 saturated heterocycles. The number of benzene rings is 3. The number of carbonyl (C=O) groups is 1. The van der Waals surface area contributed by atoms with Gasteiger partial charge in [-0.3, -0.25) is 4.79 Å². The Kier molecular flexibility index (Phi) is 5.07. The minimum atomic E-state index is -0.467. The average molecular weight is 409 g/mol. The molecule has 0 bridgehead atoms. The number of amides is 1. The van der Waals surface area contributed by atoms with E-state index in [-0.39, 0.29) is 22.4 Å². The van der Waals surface area contributed by atoms with Crippen molar-refractivity contribution in [2.45, 2.75) is 19.6 Å². The van der Waals surface area contributed by atoms with Crippen molar-refractivity contribution in [3.8, 4) is 11.5 Å². The summed E-state index contributed by atoms with van der Waals surface area (Å²) in [5.41, 5.74) is 4.28. The van der Waals surface area contributed by atoms with Gasteiger partial charge in [0, 0.05) is 17.8 Å². The van der Waals surface area contributed by atoms with Crippen molar-refractivity contribution in [1.29, 1.82) is 0 Å². The van der Waals surface area contributed by atoms with Gasteiger partial charge in [-0.15, -0.1) is 0 Å². The summed E-state index contributed by atoms with van der Waals surface area (Å²) in [7, 11) is 1.47. The molecule has 5 nitrogen and oxygen atoms in total. The topological polar surface area (TPSA) is 61.8 Å². The predicted molar refractivity (Wildman–Crippen MR) is 114 cm³/mol. The molecule has 1 atom stereocenters. The van der Waals surface area contributed by atoms with Gasteiger partial charge in [0.2, 0.25) is 0 Å². The second kappa shape index (κ2) is 7.68. The molecule has 0 fully saturated rings. The summed E-state index contributed by atoms with van der Waals surface area (Å²) < 4.78 is 5.25. The lowest BCUT2D eigenvalue weighted by Gasteiger charge is -2.38. The van der Waals surface area contributed by atoms with Crippen LogP contribution in [0.15, 0.2) is 60.7 Å². The normalized spacial score (nSPS) is 15.6. The number of aryl methyl sites for hydroxylation is 1. The van der Waals surface area contributed by atoms with Gasteiger partial charge in [0.25, 0.3) is 5.91 Å². The van der Waals surface area contributed by atoms with E-state index in [0.717, 1.165) is 22.4 Å². The lowest BCUT2D eigenvalue weighted by atomic mass is 10.0. The van der Waals surface area contributed by atoms with E-state index in [9.17, 15) is 9.90 Å².